The zero-order valence-corrected chi connectivity index (χ0v) is 16.5. The predicted octanol–water partition coefficient (Wildman–Crippen LogP) is 3.99. The Labute approximate surface area is 164 Å². The molecule has 1 fully saturated rings. The first-order valence-corrected chi connectivity index (χ1v) is 10.5. The minimum absolute atomic E-state index is 0.0671. The first-order valence-electron chi connectivity index (χ1n) is 9.49. The molecular weight excluding hydrogens is 360 g/mol. The molecule has 3 rings (SSSR count). The summed E-state index contributed by atoms with van der Waals surface area (Å²) in [6.45, 7) is 4.66. The third-order valence-corrected chi connectivity index (χ3v) is 5.28. The third kappa shape index (κ3) is 6.13. The molecule has 0 radical (unpaired) electrons. The molecule has 0 atom stereocenters. The van der Waals surface area contributed by atoms with Gasteiger partial charge >= 0.3 is 0 Å². The molecule has 1 aliphatic rings. The van der Waals surface area contributed by atoms with Gasteiger partial charge in [-0.3, -0.25) is 4.79 Å². The molecule has 144 valence electrons. The van der Waals surface area contributed by atoms with Crippen molar-refractivity contribution in [1.82, 2.24) is 10.2 Å². The average molecular weight is 387 g/mol. The van der Waals surface area contributed by atoms with Crippen LogP contribution in [-0.2, 0) is 4.79 Å². The minimum atomic E-state index is -0.0671. The summed E-state index contributed by atoms with van der Waals surface area (Å²) in [6, 6.07) is 11.3. The number of hydrogen-bond acceptors (Lipinski definition) is 6. The van der Waals surface area contributed by atoms with E-state index in [0.717, 1.165) is 35.4 Å². The standard InChI is InChI=1S/C20H26N4O2S/c1-2-26-17-9-7-16(8-10-17)21-19(25)15-27-20-12-11-18(22-23-20)24-13-5-3-4-6-14-24/h7-12H,2-6,13-15H2,1H3,(H,21,25). The largest absolute Gasteiger partial charge is 0.494 e. The molecular formula is C20H26N4O2S. The van der Waals surface area contributed by atoms with Crippen LogP contribution in [0.5, 0.6) is 5.75 Å². The maximum absolute atomic E-state index is 12.1. The molecule has 7 heteroatoms. The Morgan fingerprint density at radius 3 is 2.44 bits per heavy atom. The second-order valence-electron chi connectivity index (χ2n) is 6.43. The van der Waals surface area contributed by atoms with Gasteiger partial charge in [0.05, 0.1) is 12.4 Å². The number of carbonyl (C=O) groups is 1. The van der Waals surface area contributed by atoms with Crippen LogP contribution in [0.3, 0.4) is 0 Å². The molecule has 0 unspecified atom stereocenters. The monoisotopic (exact) mass is 386 g/mol. The topological polar surface area (TPSA) is 67.3 Å². The van der Waals surface area contributed by atoms with Crippen molar-refractivity contribution < 1.29 is 9.53 Å². The first-order chi connectivity index (χ1) is 13.2. The number of ether oxygens (including phenoxy) is 1. The van der Waals surface area contributed by atoms with Gasteiger partial charge in [-0.1, -0.05) is 24.6 Å². The van der Waals surface area contributed by atoms with Crippen molar-refractivity contribution in [2.24, 2.45) is 0 Å². The van der Waals surface area contributed by atoms with Crippen LogP contribution in [0.15, 0.2) is 41.4 Å². The number of carbonyl (C=O) groups excluding carboxylic acids is 1. The highest BCUT2D eigenvalue weighted by Gasteiger charge is 2.12. The molecule has 1 aliphatic heterocycles. The number of aromatic nitrogens is 2. The Morgan fingerprint density at radius 2 is 1.81 bits per heavy atom. The summed E-state index contributed by atoms with van der Waals surface area (Å²) in [5, 5.41) is 12.3. The Balaban J connectivity index is 1.46. The summed E-state index contributed by atoms with van der Waals surface area (Å²) in [7, 11) is 0. The van der Waals surface area contributed by atoms with Crippen molar-refractivity contribution in [3.05, 3.63) is 36.4 Å². The lowest BCUT2D eigenvalue weighted by Gasteiger charge is -2.20. The van der Waals surface area contributed by atoms with E-state index in [1.54, 1.807) is 0 Å². The molecule has 0 saturated carbocycles. The highest BCUT2D eigenvalue weighted by atomic mass is 32.2. The molecule has 27 heavy (non-hydrogen) atoms. The van der Waals surface area contributed by atoms with Gasteiger partial charge < -0.3 is 15.0 Å². The summed E-state index contributed by atoms with van der Waals surface area (Å²) >= 11 is 1.39. The van der Waals surface area contributed by atoms with Gasteiger partial charge in [0.25, 0.3) is 0 Å². The minimum Gasteiger partial charge on any atom is -0.494 e. The fraction of sp³-hybridized carbons (Fsp3) is 0.450. The van der Waals surface area contributed by atoms with E-state index in [2.05, 4.69) is 20.4 Å². The van der Waals surface area contributed by atoms with E-state index in [-0.39, 0.29) is 5.91 Å². The van der Waals surface area contributed by atoms with Gasteiger partial charge in [-0.15, -0.1) is 10.2 Å². The molecule has 1 aromatic carbocycles. The first kappa shape index (κ1) is 19.5. The average Bonchev–Trinajstić information content (AvgIpc) is 2.98. The van der Waals surface area contributed by atoms with Crippen LogP contribution in [0.1, 0.15) is 32.6 Å². The summed E-state index contributed by atoms with van der Waals surface area (Å²) in [6.07, 6.45) is 5.01. The van der Waals surface area contributed by atoms with Crippen LogP contribution in [0.25, 0.3) is 0 Å². The SMILES string of the molecule is CCOc1ccc(NC(=O)CSc2ccc(N3CCCCCC3)nn2)cc1. The van der Waals surface area contributed by atoms with Crippen molar-refractivity contribution in [1.29, 1.82) is 0 Å². The number of thioether (sulfide) groups is 1. The van der Waals surface area contributed by atoms with E-state index in [1.165, 1.54) is 37.4 Å². The summed E-state index contributed by atoms with van der Waals surface area (Å²) < 4.78 is 5.40. The number of benzene rings is 1. The molecule has 1 aromatic heterocycles. The smallest absolute Gasteiger partial charge is 0.234 e. The van der Waals surface area contributed by atoms with Crippen LogP contribution in [0, 0.1) is 0 Å². The van der Waals surface area contributed by atoms with Crippen molar-refractivity contribution in [2.75, 3.05) is 35.7 Å². The van der Waals surface area contributed by atoms with E-state index in [4.69, 9.17) is 4.74 Å². The lowest BCUT2D eigenvalue weighted by atomic mass is 10.2. The highest BCUT2D eigenvalue weighted by molar-refractivity contribution is 7.99. The van der Waals surface area contributed by atoms with Crippen LogP contribution >= 0.6 is 11.8 Å². The van der Waals surface area contributed by atoms with Crippen LogP contribution in [0.4, 0.5) is 11.5 Å². The van der Waals surface area contributed by atoms with E-state index in [9.17, 15) is 4.79 Å². The number of rotatable bonds is 7. The molecule has 2 heterocycles. The Morgan fingerprint density at radius 1 is 1.07 bits per heavy atom. The second-order valence-corrected chi connectivity index (χ2v) is 7.42. The lowest BCUT2D eigenvalue weighted by molar-refractivity contribution is -0.113. The van der Waals surface area contributed by atoms with Crippen molar-refractivity contribution in [2.45, 2.75) is 37.6 Å². The molecule has 1 saturated heterocycles. The molecule has 0 aliphatic carbocycles. The van der Waals surface area contributed by atoms with Crippen LogP contribution in [0.2, 0.25) is 0 Å². The zero-order valence-electron chi connectivity index (χ0n) is 15.7. The molecule has 0 spiro atoms. The molecule has 2 aromatic rings. The summed E-state index contributed by atoms with van der Waals surface area (Å²) in [5.41, 5.74) is 0.756. The highest BCUT2D eigenvalue weighted by Crippen LogP contribution is 2.21. The van der Waals surface area contributed by atoms with Gasteiger partial charge in [0, 0.05) is 18.8 Å². The van der Waals surface area contributed by atoms with E-state index in [0.29, 0.717) is 12.4 Å². The summed E-state index contributed by atoms with van der Waals surface area (Å²) in [4.78, 5) is 14.4. The number of nitrogens with zero attached hydrogens (tertiary/aromatic N) is 3. The Kier molecular flexibility index (Phi) is 7.33. The van der Waals surface area contributed by atoms with Crippen LogP contribution < -0.4 is 15.0 Å². The van der Waals surface area contributed by atoms with E-state index in [1.807, 2.05) is 43.3 Å². The van der Waals surface area contributed by atoms with Gasteiger partial charge in [0.1, 0.15) is 10.8 Å². The number of amides is 1. The van der Waals surface area contributed by atoms with Gasteiger partial charge in [0.2, 0.25) is 5.91 Å². The molecule has 0 bridgehead atoms. The Bertz CT molecular complexity index is 714. The predicted molar refractivity (Wildman–Crippen MR) is 110 cm³/mol. The van der Waals surface area contributed by atoms with E-state index < -0.39 is 0 Å². The van der Waals surface area contributed by atoms with Gasteiger partial charge in [-0.2, -0.15) is 0 Å². The maximum Gasteiger partial charge on any atom is 0.234 e. The fourth-order valence-corrected chi connectivity index (χ4v) is 3.61. The maximum atomic E-state index is 12.1. The summed E-state index contributed by atoms with van der Waals surface area (Å²) in [5.74, 6) is 1.96. The fourth-order valence-electron chi connectivity index (χ4n) is 3.00. The molecule has 1 amide bonds. The van der Waals surface area contributed by atoms with Gasteiger partial charge in [-0.25, -0.2) is 0 Å². The zero-order chi connectivity index (χ0) is 18.9. The third-order valence-electron chi connectivity index (χ3n) is 4.36. The normalized spacial score (nSPS) is 14.5. The van der Waals surface area contributed by atoms with E-state index >= 15 is 0 Å². The second kappa shape index (κ2) is 10.2. The Hall–Kier alpha value is -2.28. The van der Waals surface area contributed by atoms with Gasteiger partial charge in [0.15, 0.2) is 5.82 Å². The quantitative estimate of drug-likeness (QED) is 0.726. The van der Waals surface area contributed by atoms with Crippen molar-refractivity contribution in [3.63, 3.8) is 0 Å². The number of nitrogens with one attached hydrogen (secondary N) is 1. The number of anilines is 2. The lowest BCUT2D eigenvalue weighted by Crippen LogP contribution is -2.25. The van der Waals surface area contributed by atoms with Crippen molar-refractivity contribution >= 4 is 29.2 Å². The van der Waals surface area contributed by atoms with Crippen LogP contribution in [-0.4, -0.2) is 41.6 Å². The van der Waals surface area contributed by atoms with Gasteiger partial charge in [-0.05, 0) is 56.2 Å². The molecule has 1 N–H and O–H groups in total. The van der Waals surface area contributed by atoms with Crippen molar-refractivity contribution in [3.8, 4) is 5.75 Å². The number of hydrogen-bond donors (Lipinski definition) is 1. The molecule has 6 nitrogen and oxygen atoms in total.